The number of halogens is 3. The first-order chi connectivity index (χ1) is 16.0. The Hall–Kier alpha value is -3.08. The lowest BCUT2D eigenvalue weighted by molar-refractivity contribution is -0.143. The van der Waals surface area contributed by atoms with Crippen molar-refractivity contribution >= 4 is 17.8 Å². The molecule has 2 atom stereocenters. The average molecular weight is 480 g/mol. The number of carbonyl (C=O) groups is 3. The van der Waals surface area contributed by atoms with Crippen molar-refractivity contribution in [1.82, 2.24) is 24.9 Å². The second-order valence-corrected chi connectivity index (χ2v) is 8.76. The highest BCUT2D eigenvalue weighted by molar-refractivity contribution is 6.03. The Kier molecular flexibility index (Phi) is 6.32. The number of benzene rings is 1. The van der Waals surface area contributed by atoms with Crippen molar-refractivity contribution in [1.29, 1.82) is 0 Å². The maximum atomic E-state index is 13.7. The number of hydrogen-bond acceptors (Lipinski definition) is 4. The first kappa shape index (κ1) is 24.1. The molecule has 3 aliphatic rings. The standard InChI is InChI=1S/C23H28F3N5O3/c1-4-29-9-11-30(12-10-29)20(32)14(2)31-13-17-18(21(31)33)19(27-22(34)28(17)3)15-7-5-6-8-16(15)23(24,25)26/h5-8,14,19H,4,9-13H2,1-3H3,(H,27,34). The molecule has 1 saturated heterocycles. The van der Waals surface area contributed by atoms with E-state index >= 15 is 0 Å². The van der Waals surface area contributed by atoms with Gasteiger partial charge < -0.3 is 20.0 Å². The highest BCUT2D eigenvalue weighted by atomic mass is 19.4. The van der Waals surface area contributed by atoms with E-state index in [4.69, 9.17) is 0 Å². The Morgan fingerprint density at radius 2 is 1.79 bits per heavy atom. The number of hydrogen-bond donors (Lipinski definition) is 1. The predicted molar refractivity (Wildman–Crippen MR) is 117 cm³/mol. The molecular formula is C23H28F3N5O3. The Balaban J connectivity index is 1.62. The van der Waals surface area contributed by atoms with Crippen LogP contribution in [0.4, 0.5) is 18.0 Å². The number of carbonyl (C=O) groups excluding carboxylic acids is 3. The van der Waals surface area contributed by atoms with Gasteiger partial charge in [-0.05, 0) is 25.1 Å². The van der Waals surface area contributed by atoms with E-state index in [2.05, 4.69) is 17.1 Å². The van der Waals surface area contributed by atoms with Gasteiger partial charge in [0.15, 0.2) is 0 Å². The van der Waals surface area contributed by atoms with Crippen LogP contribution in [-0.4, -0.2) is 89.8 Å². The van der Waals surface area contributed by atoms with Gasteiger partial charge in [-0.25, -0.2) is 4.79 Å². The predicted octanol–water partition coefficient (Wildman–Crippen LogP) is 2.05. The third-order valence-electron chi connectivity index (χ3n) is 6.92. The van der Waals surface area contributed by atoms with Crippen LogP contribution in [0.2, 0.25) is 0 Å². The largest absolute Gasteiger partial charge is 0.416 e. The molecular weight excluding hydrogens is 451 g/mol. The first-order valence-corrected chi connectivity index (χ1v) is 11.3. The van der Waals surface area contributed by atoms with Gasteiger partial charge in [0.2, 0.25) is 5.91 Å². The Bertz CT molecular complexity index is 1030. The fourth-order valence-electron chi connectivity index (χ4n) is 4.82. The summed E-state index contributed by atoms with van der Waals surface area (Å²) in [5.74, 6) is -0.755. The van der Waals surface area contributed by atoms with Gasteiger partial charge in [0.1, 0.15) is 6.04 Å². The van der Waals surface area contributed by atoms with E-state index in [0.29, 0.717) is 18.8 Å². The smallest absolute Gasteiger partial charge is 0.338 e. The summed E-state index contributed by atoms with van der Waals surface area (Å²) in [6, 6.07) is 2.22. The number of likely N-dealkylation sites (N-methyl/N-ethyl adjacent to an activating group) is 2. The molecule has 1 N–H and O–H groups in total. The van der Waals surface area contributed by atoms with Crippen LogP contribution in [0, 0.1) is 0 Å². The van der Waals surface area contributed by atoms with E-state index in [9.17, 15) is 27.6 Å². The van der Waals surface area contributed by atoms with E-state index in [1.165, 1.54) is 35.0 Å². The minimum Gasteiger partial charge on any atom is -0.338 e. The van der Waals surface area contributed by atoms with Gasteiger partial charge in [-0.3, -0.25) is 14.5 Å². The van der Waals surface area contributed by atoms with Crippen LogP contribution in [0.15, 0.2) is 35.5 Å². The minimum absolute atomic E-state index is 0.0232. The SMILES string of the molecule is CCN1CCN(C(=O)C(C)N2CC3=C(C2=O)C(c2ccccc2C(F)(F)F)NC(=O)N3C)CC1. The number of rotatable bonds is 4. The van der Waals surface area contributed by atoms with Gasteiger partial charge in [0.25, 0.3) is 5.91 Å². The molecule has 1 aromatic rings. The molecule has 34 heavy (non-hydrogen) atoms. The van der Waals surface area contributed by atoms with Crippen LogP contribution in [-0.2, 0) is 15.8 Å². The topological polar surface area (TPSA) is 76.2 Å². The van der Waals surface area contributed by atoms with Crippen molar-refractivity contribution < 1.29 is 27.6 Å². The lowest BCUT2D eigenvalue weighted by Crippen LogP contribution is -2.54. The minimum atomic E-state index is -4.66. The Morgan fingerprint density at radius 1 is 1.15 bits per heavy atom. The summed E-state index contributed by atoms with van der Waals surface area (Å²) in [7, 11) is 1.46. The van der Waals surface area contributed by atoms with Gasteiger partial charge >= 0.3 is 12.2 Å². The fraction of sp³-hybridized carbons (Fsp3) is 0.522. The quantitative estimate of drug-likeness (QED) is 0.718. The van der Waals surface area contributed by atoms with Crippen LogP contribution in [0.5, 0.6) is 0 Å². The molecule has 3 aliphatic heterocycles. The van der Waals surface area contributed by atoms with Gasteiger partial charge in [-0.2, -0.15) is 13.2 Å². The molecule has 0 aromatic heterocycles. The van der Waals surface area contributed by atoms with Crippen LogP contribution < -0.4 is 5.32 Å². The van der Waals surface area contributed by atoms with Crippen molar-refractivity contribution in [3.8, 4) is 0 Å². The second kappa shape index (κ2) is 8.94. The molecule has 11 heteroatoms. The summed E-state index contributed by atoms with van der Waals surface area (Å²) in [5.41, 5.74) is -0.741. The number of nitrogens with zero attached hydrogens (tertiary/aromatic N) is 4. The van der Waals surface area contributed by atoms with Crippen molar-refractivity contribution in [3.05, 3.63) is 46.7 Å². The summed E-state index contributed by atoms with van der Waals surface area (Å²) in [6.07, 6.45) is -4.66. The zero-order valence-corrected chi connectivity index (χ0v) is 19.4. The van der Waals surface area contributed by atoms with Gasteiger partial charge in [-0.15, -0.1) is 0 Å². The van der Waals surface area contributed by atoms with Crippen LogP contribution >= 0.6 is 0 Å². The highest BCUT2D eigenvalue weighted by Crippen LogP contribution is 2.41. The molecule has 0 aliphatic carbocycles. The molecule has 1 fully saturated rings. The molecule has 1 aromatic carbocycles. The summed E-state index contributed by atoms with van der Waals surface area (Å²) >= 11 is 0. The van der Waals surface area contributed by atoms with E-state index in [0.717, 1.165) is 25.7 Å². The maximum Gasteiger partial charge on any atom is 0.416 e. The van der Waals surface area contributed by atoms with E-state index < -0.39 is 35.8 Å². The summed E-state index contributed by atoms with van der Waals surface area (Å²) in [4.78, 5) is 45.8. The fourth-order valence-corrected chi connectivity index (χ4v) is 4.82. The van der Waals surface area contributed by atoms with Gasteiger partial charge in [-0.1, -0.05) is 25.1 Å². The summed E-state index contributed by atoms with van der Waals surface area (Å²) < 4.78 is 41.1. The lowest BCUT2D eigenvalue weighted by Gasteiger charge is -2.37. The van der Waals surface area contributed by atoms with E-state index in [1.807, 2.05) is 0 Å². The zero-order valence-electron chi connectivity index (χ0n) is 19.4. The molecule has 184 valence electrons. The normalized spacial score (nSPS) is 22.8. The van der Waals surface area contributed by atoms with E-state index in [1.54, 1.807) is 11.8 Å². The summed E-state index contributed by atoms with van der Waals surface area (Å²) in [6.45, 7) is 7.14. The zero-order chi connectivity index (χ0) is 24.8. The van der Waals surface area contributed by atoms with Crippen molar-refractivity contribution in [2.24, 2.45) is 0 Å². The van der Waals surface area contributed by atoms with E-state index in [-0.39, 0.29) is 23.6 Å². The van der Waals surface area contributed by atoms with Crippen LogP contribution in [0.3, 0.4) is 0 Å². The Morgan fingerprint density at radius 3 is 2.41 bits per heavy atom. The average Bonchev–Trinajstić information content (AvgIpc) is 3.17. The molecule has 3 heterocycles. The highest BCUT2D eigenvalue weighted by Gasteiger charge is 2.47. The molecule has 0 saturated carbocycles. The monoisotopic (exact) mass is 479 g/mol. The van der Waals surface area contributed by atoms with Gasteiger partial charge in [0, 0.05) is 33.2 Å². The van der Waals surface area contributed by atoms with Crippen molar-refractivity contribution in [3.63, 3.8) is 0 Å². The molecule has 4 rings (SSSR count). The summed E-state index contributed by atoms with van der Waals surface area (Å²) in [5, 5.41) is 2.54. The van der Waals surface area contributed by atoms with Crippen LogP contribution in [0.1, 0.15) is 31.0 Å². The molecule has 0 radical (unpaired) electrons. The third kappa shape index (κ3) is 4.13. The second-order valence-electron chi connectivity index (χ2n) is 8.76. The first-order valence-electron chi connectivity index (χ1n) is 11.3. The van der Waals surface area contributed by atoms with Crippen LogP contribution in [0.25, 0.3) is 0 Å². The van der Waals surface area contributed by atoms with Crippen molar-refractivity contribution in [2.45, 2.75) is 32.1 Å². The number of amides is 4. The third-order valence-corrected chi connectivity index (χ3v) is 6.92. The maximum absolute atomic E-state index is 13.7. The molecule has 8 nitrogen and oxygen atoms in total. The van der Waals surface area contributed by atoms with Gasteiger partial charge in [0.05, 0.1) is 29.4 Å². The molecule has 0 bridgehead atoms. The molecule has 2 unspecified atom stereocenters. The number of urea groups is 1. The van der Waals surface area contributed by atoms with Crippen molar-refractivity contribution in [2.75, 3.05) is 46.3 Å². The number of nitrogens with one attached hydrogen (secondary N) is 1. The molecule has 4 amide bonds. The molecule has 0 spiro atoms. The Labute approximate surface area is 195 Å². The lowest BCUT2D eigenvalue weighted by atomic mass is 9.91. The number of piperazine rings is 1. The number of alkyl halides is 3.